The van der Waals surface area contributed by atoms with Crippen molar-refractivity contribution < 1.29 is 13.2 Å². The normalized spacial score (nSPS) is 15.4. The molecular formula is C13H17F3N2. The van der Waals surface area contributed by atoms with E-state index in [1.807, 2.05) is 0 Å². The molecule has 0 amide bonds. The molecule has 0 atom stereocenters. The van der Waals surface area contributed by atoms with Crippen molar-refractivity contribution in [3.8, 4) is 0 Å². The van der Waals surface area contributed by atoms with Crippen molar-refractivity contribution in [2.75, 3.05) is 20.1 Å². The van der Waals surface area contributed by atoms with E-state index in [9.17, 15) is 13.2 Å². The quantitative estimate of drug-likeness (QED) is 0.622. The maximum Gasteiger partial charge on any atom is 0.194 e. The molecule has 0 aliphatic heterocycles. The van der Waals surface area contributed by atoms with Gasteiger partial charge in [0.25, 0.3) is 0 Å². The molecule has 0 bridgehead atoms. The minimum atomic E-state index is -1.41. The fourth-order valence-corrected chi connectivity index (χ4v) is 1.90. The Balaban J connectivity index is 1.76. The van der Waals surface area contributed by atoms with Crippen molar-refractivity contribution in [3.05, 3.63) is 35.1 Å². The lowest BCUT2D eigenvalue weighted by molar-refractivity contribution is 0.321. The summed E-state index contributed by atoms with van der Waals surface area (Å²) >= 11 is 0. The standard InChI is InChI=1S/C13H17F3N2/c1-18(10-2-3-10)5-4-17-8-9-6-11(14)13(16)12(15)7-9/h6-7,10,17H,2-5,8H2,1H3. The van der Waals surface area contributed by atoms with E-state index in [4.69, 9.17) is 0 Å². The van der Waals surface area contributed by atoms with Gasteiger partial charge in [-0.25, -0.2) is 13.2 Å². The van der Waals surface area contributed by atoms with Crippen LogP contribution in [0, 0.1) is 17.5 Å². The summed E-state index contributed by atoms with van der Waals surface area (Å²) < 4.78 is 38.6. The first-order valence-corrected chi connectivity index (χ1v) is 6.12. The fraction of sp³-hybridized carbons (Fsp3) is 0.538. The van der Waals surface area contributed by atoms with E-state index in [1.54, 1.807) is 0 Å². The number of likely N-dealkylation sites (N-methyl/N-ethyl adjacent to an activating group) is 1. The van der Waals surface area contributed by atoms with Gasteiger partial charge >= 0.3 is 0 Å². The molecular weight excluding hydrogens is 241 g/mol. The monoisotopic (exact) mass is 258 g/mol. The van der Waals surface area contributed by atoms with Crippen molar-refractivity contribution in [1.82, 2.24) is 10.2 Å². The molecule has 1 aliphatic rings. The van der Waals surface area contributed by atoms with Crippen molar-refractivity contribution >= 4 is 0 Å². The van der Waals surface area contributed by atoms with Gasteiger partial charge in [-0.2, -0.15) is 0 Å². The summed E-state index contributed by atoms with van der Waals surface area (Å²) in [5.41, 5.74) is 0.417. The van der Waals surface area contributed by atoms with E-state index in [0.29, 0.717) is 18.2 Å². The predicted molar refractivity (Wildman–Crippen MR) is 63.7 cm³/mol. The smallest absolute Gasteiger partial charge is 0.194 e. The molecule has 0 unspecified atom stereocenters. The van der Waals surface area contributed by atoms with Crippen LogP contribution in [-0.2, 0) is 6.54 Å². The van der Waals surface area contributed by atoms with E-state index < -0.39 is 17.5 Å². The minimum absolute atomic E-state index is 0.340. The van der Waals surface area contributed by atoms with Crippen LogP contribution in [0.3, 0.4) is 0 Å². The topological polar surface area (TPSA) is 15.3 Å². The van der Waals surface area contributed by atoms with Crippen LogP contribution in [-0.4, -0.2) is 31.1 Å². The van der Waals surface area contributed by atoms with Gasteiger partial charge in [0.2, 0.25) is 0 Å². The molecule has 1 aliphatic carbocycles. The molecule has 1 saturated carbocycles. The highest BCUT2D eigenvalue weighted by Crippen LogP contribution is 2.24. The van der Waals surface area contributed by atoms with Crippen LogP contribution in [0.15, 0.2) is 12.1 Å². The first-order valence-electron chi connectivity index (χ1n) is 6.12. The SMILES string of the molecule is CN(CCNCc1cc(F)c(F)c(F)c1)C1CC1. The maximum absolute atomic E-state index is 12.9. The van der Waals surface area contributed by atoms with Gasteiger partial charge in [0, 0.05) is 25.7 Å². The number of nitrogens with zero attached hydrogens (tertiary/aromatic N) is 1. The third-order valence-electron chi connectivity index (χ3n) is 3.18. The van der Waals surface area contributed by atoms with E-state index in [-0.39, 0.29) is 0 Å². The molecule has 2 rings (SSSR count). The highest BCUT2D eigenvalue weighted by molar-refractivity contribution is 5.19. The number of halogens is 3. The largest absolute Gasteiger partial charge is 0.311 e. The Labute approximate surface area is 105 Å². The predicted octanol–water partition coefficient (Wildman–Crippen LogP) is 2.29. The number of hydrogen-bond acceptors (Lipinski definition) is 2. The molecule has 5 heteroatoms. The van der Waals surface area contributed by atoms with Gasteiger partial charge in [-0.15, -0.1) is 0 Å². The minimum Gasteiger partial charge on any atom is -0.311 e. The number of rotatable bonds is 6. The average Bonchev–Trinajstić information content (AvgIpc) is 3.15. The van der Waals surface area contributed by atoms with Crippen molar-refractivity contribution in [1.29, 1.82) is 0 Å². The summed E-state index contributed by atoms with van der Waals surface area (Å²) in [5.74, 6) is -3.68. The second-order valence-corrected chi connectivity index (χ2v) is 4.76. The lowest BCUT2D eigenvalue weighted by Gasteiger charge is -2.15. The molecule has 1 aromatic carbocycles. The highest BCUT2D eigenvalue weighted by Gasteiger charge is 2.25. The van der Waals surface area contributed by atoms with E-state index in [0.717, 1.165) is 25.2 Å². The van der Waals surface area contributed by atoms with Crippen molar-refractivity contribution in [2.24, 2.45) is 0 Å². The molecule has 0 saturated heterocycles. The van der Waals surface area contributed by atoms with Gasteiger partial charge < -0.3 is 10.2 Å². The first-order chi connectivity index (χ1) is 8.58. The Morgan fingerprint density at radius 2 is 1.83 bits per heavy atom. The molecule has 0 heterocycles. The zero-order chi connectivity index (χ0) is 13.1. The molecule has 0 spiro atoms. The first kappa shape index (κ1) is 13.4. The number of hydrogen-bond donors (Lipinski definition) is 1. The Kier molecular flexibility index (Phi) is 4.24. The summed E-state index contributed by atoms with van der Waals surface area (Å²) in [6, 6.07) is 2.75. The maximum atomic E-state index is 12.9. The highest BCUT2D eigenvalue weighted by atomic mass is 19.2. The number of benzene rings is 1. The summed E-state index contributed by atoms with van der Waals surface area (Å²) in [7, 11) is 2.07. The van der Waals surface area contributed by atoms with Gasteiger partial charge in [0.1, 0.15) is 0 Å². The molecule has 18 heavy (non-hydrogen) atoms. The Hall–Kier alpha value is -1.07. The molecule has 2 nitrogen and oxygen atoms in total. The average molecular weight is 258 g/mol. The molecule has 0 aromatic heterocycles. The Morgan fingerprint density at radius 3 is 2.39 bits per heavy atom. The van der Waals surface area contributed by atoms with Crippen LogP contribution >= 0.6 is 0 Å². The molecule has 1 aromatic rings. The van der Waals surface area contributed by atoms with Crippen LogP contribution in [0.5, 0.6) is 0 Å². The van der Waals surface area contributed by atoms with E-state index in [1.165, 1.54) is 12.8 Å². The molecule has 1 N–H and O–H groups in total. The van der Waals surface area contributed by atoms with Crippen LogP contribution in [0.2, 0.25) is 0 Å². The third kappa shape index (κ3) is 3.46. The van der Waals surface area contributed by atoms with Gasteiger partial charge in [0.05, 0.1) is 0 Å². The summed E-state index contributed by atoms with van der Waals surface area (Å²) in [5, 5.41) is 3.09. The molecule has 0 radical (unpaired) electrons. The second-order valence-electron chi connectivity index (χ2n) is 4.76. The summed E-state index contributed by atoms with van der Waals surface area (Å²) in [6.07, 6.45) is 2.51. The van der Waals surface area contributed by atoms with Crippen molar-refractivity contribution in [2.45, 2.75) is 25.4 Å². The van der Waals surface area contributed by atoms with Gasteiger partial charge in [-0.05, 0) is 37.6 Å². The Morgan fingerprint density at radius 1 is 1.22 bits per heavy atom. The zero-order valence-electron chi connectivity index (χ0n) is 10.3. The van der Waals surface area contributed by atoms with E-state index >= 15 is 0 Å². The summed E-state index contributed by atoms with van der Waals surface area (Å²) in [6.45, 7) is 1.98. The van der Waals surface area contributed by atoms with E-state index in [2.05, 4.69) is 17.3 Å². The van der Waals surface area contributed by atoms with Gasteiger partial charge in [0.15, 0.2) is 17.5 Å². The lowest BCUT2D eigenvalue weighted by atomic mass is 10.2. The van der Waals surface area contributed by atoms with Gasteiger partial charge in [-0.3, -0.25) is 0 Å². The third-order valence-corrected chi connectivity index (χ3v) is 3.18. The van der Waals surface area contributed by atoms with Crippen LogP contribution < -0.4 is 5.32 Å². The summed E-state index contributed by atoms with van der Waals surface area (Å²) in [4.78, 5) is 2.26. The molecule has 1 fully saturated rings. The lowest BCUT2D eigenvalue weighted by Crippen LogP contribution is -2.30. The zero-order valence-corrected chi connectivity index (χ0v) is 10.3. The Bertz CT molecular complexity index is 396. The molecule has 100 valence electrons. The van der Waals surface area contributed by atoms with Crippen LogP contribution in [0.4, 0.5) is 13.2 Å². The number of nitrogens with one attached hydrogen (secondary N) is 1. The van der Waals surface area contributed by atoms with Crippen LogP contribution in [0.1, 0.15) is 18.4 Å². The van der Waals surface area contributed by atoms with Crippen molar-refractivity contribution in [3.63, 3.8) is 0 Å². The van der Waals surface area contributed by atoms with Gasteiger partial charge in [-0.1, -0.05) is 0 Å². The second kappa shape index (κ2) is 5.71. The van der Waals surface area contributed by atoms with Crippen LogP contribution in [0.25, 0.3) is 0 Å². The fourth-order valence-electron chi connectivity index (χ4n) is 1.90.